The number of nitrogens with zero attached hydrogens (tertiary/aromatic N) is 3. The molecule has 0 saturated carbocycles. The van der Waals surface area contributed by atoms with Gasteiger partial charge in [0.2, 0.25) is 5.95 Å². The van der Waals surface area contributed by atoms with Gasteiger partial charge in [-0.05, 0) is 48.6 Å². The van der Waals surface area contributed by atoms with E-state index < -0.39 is 0 Å². The quantitative estimate of drug-likeness (QED) is 0.680. The average Bonchev–Trinajstić information content (AvgIpc) is 2.59. The Labute approximate surface area is 148 Å². The smallest absolute Gasteiger partial charge is 0.249 e. The van der Waals surface area contributed by atoms with Gasteiger partial charge < -0.3 is 10.6 Å². The molecule has 1 heterocycles. The summed E-state index contributed by atoms with van der Waals surface area (Å²) in [6.07, 6.45) is 1.62. The fourth-order valence-electron chi connectivity index (χ4n) is 2.64. The molecule has 0 aliphatic heterocycles. The zero-order valence-corrected chi connectivity index (χ0v) is 15.0. The lowest BCUT2D eigenvalue weighted by Crippen LogP contribution is -2.04. The van der Waals surface area contributed by atoms with Gasteiger partial charge in [-0.3, -0.25) is 0 Å². The van der Waals surface area contributed by atoms with E-state index in [4.69, 9.17) is 0 Å². The van der Waals surface area contributed by atoms with Gasteiger partial charge in [0.15, 0.2) is 5.82 Å². The number of hydrogen-bond donors (Lipinski definition) is 2. The van der Waals surface area contributed by atoms with Crippen LogP contribution in [-0.4, -0.2) is 15.2 Å². The van der Waals surface area contributed by atoms with E-state index in [0.29, 0.717) is 17.7 Å². The monoisotopic (exact) mass is 333 g/mol. The molecule has 0 spiro atoms. The Morgan fingerprint density at radius 1 is 0.880 bits per heavy atom. The second kappa shape index (κ2) is 7.30. The van der Waals surface area contributed by atoms with Gasteiger partial charge in [0, 0.05) is 11.4 Å². The van der Waals surface area contributed by atoms with E-state index in [1.165, 1.54) is 5.56 Å². The number of aryl methyl sites for hydroxylation is 2. The zero-order valence-electron chi connectivity index (χ0n) is 15.0. The molecule has 0 unspecified atom stereocenters. The van der Waals surface area contributed by atoms with Gasteiger partial charge in [0.25, 0.3) is 0 Å². The molecule has 0 bridgehead atoms. The molecule has 0 aliphatic rings. The highest BCUT2D eigenvalue weighted by Crippen LogP contribution is 2.24. The Bertz CT molecular complexity index is 836. The first-order valence-corrected chi connectivity index (χ1v) is 8.43. The van der Waals surface area contributed by atoms with Gasteiger partial charge >= 0.3 is 0 Å². The molecule has 0 atom stereocenters. The molecule has 1 aromatic heterocycles. The van der Waals surface area contributed by atoms with Crippen LogP contribution in [0.3, 0.4) is 0 Å². The van der Waals surface area contributed by atoms with Crippen molar-refractivity contribution in [3.63, 3.8) is 0 Å². The van der Waals surface area contributed by atoms with E-state index in [0.717, 1.165) is 22.5 Å². The van der Waals surface area contributed by atoms with Gasteiger partial charge in [-0.1, -0.05) is 44.2 Å². The van der Waals surface area contributed by atoms with Crippen molar-refractivity contribution in [3.05, 3.63) is 65.4 Å². The second-order valence-electron chi connectivity index (χ2n) is 6.46. The van der Waals surface area contributed by atoms with Crippen molar-refractivity contribution in [1.82, 2.24) is 15.2 Å². The number of hydrogen-bond acceptors (Lipinski definition) is 5. The number of anilines is 4. The molecule has 0 radical (unpaired) electrons. The molecule has 0 saturated heterocycles. The number of aromatic nitrogens is 3. The normalized spacial score (nSPS) is 10.8. The summed E-state index contributed by atoms with van der Waals surface area (Å²) in [4.78, 5) is 4.51. The Kier molecular flexibility index (Phi) is 4.93. The number of nitrogens with one attached hydrogen (secondary N) is 2. The lowest BCUT2D eigenvalue weighted by atomic mass is 10.0. The van der Waals surface area contributed by atoms with Crippen molar-refractivity contribution in [1.29, 1.82) is 0 Å². The van der Waals surface area contributed by atoms with Crippen LogP contribution in [0.2, 0.25) is 0 Å². The zero-order chi connectivity index (χ0) is 17.8. The van der Waals surface area contributed by atoms with Crippen molar-refractivity contribution in [2.45, 2.75) is 33.6 Å². The van der Waals surface area contributed by atoms with E-state index in [1.807, 2.05) is 18.2 Å². The summed E-state index contributed by atoms with van der Waals surface area (Å²) in [6.45, 7) is 8.50. The molecule has 2 aromatic carbocycles. The van der Waals surface area contributed by atoms with Gasteiger partial charge in [-0.2, -0.15) is 10.1 Å². The van der Waals surface area contributed by atoms with E-state index in [9.17, 15) is 0 Å². The largest absolute Gasteiger partial charge is 0.338 e. The molecular formula is C20H23N5. The summed E-state index contributed by atoms with van der Waals surface area (Å²) in [7, 11) is 0. The maximum Gasteiger partial charge on any atom is 0.249 e. The molecule has 3 rings (SSSR count). The van der Waals surface area contributed by atoms with Crippen LogP contribution >= 0.6 is 0 Å². The predicted molar refractivity (Wildman–Crippen MR) is 103 cm³/mol. The minimum atomic E-state index is 0.466. The maximum atomic E-state index is 4.51. The first kappa shape index (κ1) is 16.9. The Balaban J connectivity index is 1.77. The summed E-state index contributed by atoms with van der Waals surface area (Å²) in [5, 5.41) is 14.6. The molecular weight excluding hydrogens is 310 g/mol. The van der Waals surface area contributed by atoms with Crippen molar-refractivity contribution >= 4 is 23.1 Å². The van der Waals surface area contributed by atoms with E-state index in [1.54, 1.807) is 6.20 Å². The summed E-state index contributed by atoms with van der Waals surface area (Å²) >= 11 is 0. The summed E-state index contributed by atoms with van der Waals surface area (Å²) in [5.41, 5.74) is 5.62. The lowest BCUT2D eigenvalue weighted by molar-refractivity contribution is 0.867. The van der Waals surface area contributed by atoms with Crippen molar-refractivity contribution in [3.8, 4) is 0 Å². The average molecular weight is 333 g/mol. The second-order valence-corrected chi connectivity index (χ2v) is 6.46. The fraction of sp³-hybridized carbons (Fsp3) is 0.250. The van der Waals surface area contributed by atoms with Crippen LogP contribution in [0.15, 0.2) is 48.7 Å². The van der Waals surface area contributed by atoms with Crippen molar-refractivity contribution in [2.75, 3.05) is 10.6 Å². The minimum absolute atomic E-state index is 0.466. The summed E-state index contributed by atoms with van der Waals surface area (Å²) < 4.78 is 0. The third kappa shape index (κ3) is 4.12. The Morgan fingerprint density at radius 2 is 1.56 bits per heavy atom. The third-order valence-corrected chi connectivity index (χ3v) is 4.13. The van der Waals surface area contributed by atoms with Crippen LogP contribution in [0.5, 0.6) is 0 Å². The maximum absolute atomic E-state index is 4.51. The summed E-state index contributed by atoms with van der Waals surface area (Å²) in [6, 6.07) is 14.5. The molecule has 2 N–H and O–H groups in total. The highest BCUT2D eigenvalue weighted by atomic mass is 15.3. The highest BCUT2D eigenvalue weighted by molar-refractivity contribution is 5.65. The van der Waals surface area contributed by atoms with Crippen LogP contribution < -0.4 is 10.6 Å². The highest BCUT2D eigenvalue weighted by Gasteiger charge is 2.06. The molecule has 0 aliphatic carbocycles. The Morgan fingerprint density at radius 3 is 2.20 bits per heavy atom. The lowest BCUT2D eigenvalue weighted by Gasteiger charge is -2.12. The van der Waals surface area contributed by atoms with Crippen molar-refractivity contribution < 1.29 is 0 Å². The van der Waals surface area contributed by atoms with Crippen LogP contribution in [0.1, 0.15) is 36.5 Å². The van der Waals surface area contributed by atoms with Gasteiger partial charge in [0.1, 0.15) is 0 Å². The number of para-hydroxylation sites is 1. The van der Waals surface area contributed by atoms with Crippen molar-refractivity contribution in [2.24, 2.45) is 0 Å². The van der Waals surface area contributed by atoms with E-state index in [2.05, 4.69) is 77.8 Å². The fourth-order valence-corrected chi connectivity index (χ4v) is 2.64. The molecule has 25 heavy (non-hydrogen) atoms. The van der Waals surface area contributed by atoms with Gasteiger partial charge in [-0.25, -0.2) is 0 Å². The topological polar surface area (TPSA) is 62.7 Å². The first-order valence-electron chi connectivity index (χ1n) is 8.43. The van der Waals surface area contributed by atoms with Crippen LogP contribution in [0.4, 0.5) is 23.1 Å². The minimum Gasteiger partial charge on any atom is -0.338 e. The van der Waals surface area contributed by atoms with Crippen LogP contribution in [0, 0.1) is 13.8 Å². The van der Waals surface area contributed by atoms with Gasteiger partial charge in [-0.15, -0.1) is 5.10 Å². The molecule has 0 fully saturated rings. The van der Waals surface area contributed by atoms with Crippen LogP contribution in [0.25, 0.3) is 0 Å². The van der Waals surface area contributed by atoms with E-state index in [-0.39, 0.29) is 0 Å². The molecule has 5 heteroatoms. The molecule has 0 amide bonds. The SMILES string of the molecule is Cc1cccc(C)c1Nc1cnnc(Nc2ccc(C(C)C)cc2)n1. The molecule has 5 nitrogen and oxygen atoms in total. The standard InChI is InChI=1S/C20H23N5/c1-13(2)16-8-10-17(11-9-16)22-20-24-18(12-21-25-20)23-19-14(3)6-5-7-15(19)4/h5-13H,1-4H3,(H2,22,23,24,25). The van der Waals surface area contributed by atoms with Gasteiger partial charge in [0.05, 0.1) is 6.20 Å². The number of rotatable bonds is 5. The Hall–Kier alpha value is -2.95. The molecule has 128 valence electrons. The molecule has 3 aromatic rings. The van der Waals surface area contributed by atoms with Crippen LogP contribution in [-0.2, 0) is 0 Å². The first-order chi connectivity index (χ1) is 12.0. The third-order valence-electron chi connectivity index (χ3n) is 4.13. The predicted octanol–water partition coefficient (Wildman–Crippen LogP) is 5.10. The number of benzene rings is 2. The summed E-state index contributed by atoms with van der Waals surface area (Å²) in [5.74, 6) is 1.64. The van der Waals surface area contributed by atoms with E-state index >= 15 is 0 Å².